The molecule has 14 heteroatoms. The average Bonchev–Trinajstić information content (AvgIpc) is 3.44. The van der Waals surface area contributed by atoms with Crippen molar-refractivity contribution in [1.29, 1.82) is 0 Å². The molecule has 2 aromatic heterocycles. The summed E-state index contributed by atoms with van der Waals surface area (Å²) in [7, 11) is 0. The van der Waals surface area contributed by atoms with Gasteiger partial charge in [-0.05, 0) is 83.5 Å². The number of halogens is 2. The summed E-state index contributed by atoms with van der Waals surface area (Å²) in [6, 6.07) is 16.8. The van der Waals surface area contributed by atoms with Gasteiger partial charge in [-0.15, -0.1) is 10.2 Å². The van der Waals surface area contributed by atoms with Crippen molar-refractivity contribution in [3.8, 4) is 28.3 Å². The first-order valence-corrected chi connectivity index (χ1v) is 15.8. The molecule has 12 nitrogen and oxygen atoms in total. The number of rotatable bonds is 10. The third-order valence-electron chi connectivity index (χ3n) is 8.40. The van der Waals surface area contributed by atoms with Crippen molar-refractivity contribution in [1.82, 2.24) is 30.0 Å². The smallest absolute Gasteiger partial charge is 0.414 e. The van der Waals surface area contributed by atoms with Gasteiger partial charge in [-0.2, -0.15) is 9.90 Å². The number of tetrazole rings is 1. The van der Waals surface area contributed by atoms with Crippen molar-refractivity contribution < 1.29 is 24.2 Å². The summed E-state index contributed by atoms with van der Waals surface area (Å²) < 4.78 is 13.2. The lowest BCUT2D eigenvalue weighted by Gasteiger charge is -2.29. The van der Waals surface area contributed by atoms with Crippen LogP contribution in [0.3, 0.4) is 0 Å². The number of hydrogen-bond acceptors (Lipinski definition) is 8. The number of carbonyl (C=O) groups excluding carboxylic acids is 1. The van der Waals surface area contributed by atoms with E-state index in [9.17, 15) is 9.59 Å². The van der Waals surface area contributed by atoms with Gasteiger partial charge >= 0.3 is 12.1 Å². The molecule has 0 saturated heterocycles. The van der Waals surface area contributed by atoms with Crippen LogP contribution in [0, 0.1) is 12.8 Å². The van der Waals surface area contributed by atoms with Crippen molar-refractivity contribution in [3.63, 3.8) is 0 Å². The van der Waals surface area contributed by atoms with Crippen LogP contribution in [0.5, 0.6) is 5.75 Å². The molecule has 7 rings (SSSR count). The average molecular weight is 675 g/mol. The molecule has 47 heavy (non-hydrogen) atoms. The maximum Gasteiger partial charge on any atom is 0.414 e. The minimum atomic E-state index is -1.06. The minimum absolute atomic E-state index is 0.109. The predicted molar refractivity (Wildman–Crippen MR) is 174 cm³/mol. The standard InChI is InChI=1S/C33H29Cl2N7O5/c1-19-26(34)5-3-7-29(19)46-10-11-47-33(45)41-17-21-13-25(21)31-24(4-2-6-28(31)41)23-14-36-40(16-23)15-22-12-20(8-9-27(22)35)32-37-39-42(38-32)18-30(43)44/h2-9,12,14,16,21,25H,10-11,13,15,17-18H2,1H3,(H,43,44)/t21-,25-/m0/s1. The summed E-state index contributed by atoms with van der Waals surface area (Å²) in [5, 5.41) is 26.7. The van der Waals surface area contributed by atoms with Crippen molar-refractivity contribution >= 4 is 41.0 Å². The van der Waals surface area contributed by atoms with Gasteiger partial charge in [-0.3, -0.25) is 14.4 Å². The van der Waals surface area contributed by atoms with Gasteiger partial charge in [0, 0.05) is 39.5 Å². The van der Waals surface area contributed by atoms with Gasteiger partial charge in [0.05, 0.1) is 18.4 Å². The van der Waals surface area contributed by atoms with Crippen LogP contribution in [-0.2, 0) is 22.6 Å². The first kappa shape index (κ1) is 30.7. The Morgan fingerprint density at radius 3 is 2.74 bits per heavy atom. The highest BCUT2D eigenvalue weighted by atomic mass is 35.5. The Bertz CT molecular complexity index is 1990. The Labute approximate surface area is 279 Å². The Balaban J connectivity index is 1.06. The maximum atomic E-state index is 13.3. The summed E-state index contributed by atoms with van der Waals surface area (Å²) in [4.78, 5) is 27.0. The van der Waals surface area contributed by atoms with Crippen molar-refractivity contribution in [2.24, 2.45) is 5.92 Å². The zero-order chi connectivity index (χ0) is 32.7. The predicted octanol–water partition coefficient (Wildman–Crippen LogP) is 6.09. The van der Waals surface area contributed by atoms with E-state index in [1.807, 2.05) is 49.6 Å². The molecular weight excluding hydrogens is 645 g/mol. The molecule has 3 heterocycles. The van der Waals surface area contributed by atoms with Crippen molar-refractivity contribution in [2.45, 2.75) is 32.4 Å². The topological polar surface area (TPSA) is 137 Å². The van der Waals surface area contributed by atoms with Crippen LogP contribution >= 0.6 is 23.2 Å². The number of anilines is 1. The number of carbonyl (C=O) groups is 2. The number of fused-ring (bicyclic) bond motifs is 3. The largest absolute Gasteiger partial charge is 0.490 e. The Morgan fingerprint density at radius 1 is 1.04 bits per heavy atom. The second kappa shape index (κ2) is 12.7. The molecule has 0 bridgehead atoms. The lowest BCUT2D eigenvalue weighted by Crippen LogP contribution is -2.37. The summed E-state index contributed by atoms with van der Waals surface area (Å²) in [5.74, 6) is 0.649. The minimum Gasteiger partial charge on any atom is -0.490 e. The fourth-order valence-corrected chi connectivity index (χ4v) is 6.33. The Kier molecular flexibility index (Phi) is 8.29. The van der Waals surface area contributed by atoms with Gasteiger partial charge in [-0.1, -0.05) is 41.4 Å². The third kappa shape index (κ3) is 6.38. The summed E-state index contributed by atoms with van der Waals surface area (Å²) >= 11 is 12.7. The van der Waals surface area contributed by atoms with Crippen molar-refractivity contribution in [3.05, 3.63) is 93.7 Å². The van der Waals surface area contributed by atoms with Crippen LogP contribution in [0.2, 0.25) is 10.0 Å². The van der Waals surface area contributed by atoms with E-state index in [4.69, 9.17) is 37.8 Å². The van der Waals surface area contributed by atoms with Gasteiger partial charge < -0.3 is 14.6 Å². The highest BCUT2D eigenvalue weighted by Crippen LogP contribution is 2.57. The van der Waals surface area contributed by atoms with E-state index in [0.717, 1.165) is 44.7 Å². The number of carboxylic acids is 1. The molecule has 1 N–H and O–H groups in total. The highest BCUT2D eigenvalue weighted by molar-refractivity contribution is 6.31. The van der Waals surface area contributed by atoms with Crippen LogP contribution in [0.25, 0.3) is 22.5 Å². The molecule has 0 unspecified atom stereocenters. The van der Waals surface area contributed by atoms with Gasteiger partial charge in [0.25, 0.3) is 0 Å². The molecule has 2 atom stereocenters. The molecule has 2 aliphatic rings. The zero-order valence-corrected chi connectivity index (χ0v) is 26.7. The first-order valence-electron chi connectivity index (χ1n) is 15.0. The molecule has 5 aromatic rings. The molecule has 3 aromatic carbocycles. The summed E-state index contributed by atoms with van der Waals surface area (Å²) in [5.41, 5.74) is 6.22. The molecule has 1 amide bonds. The quantitative estimate of drug-likeness (QED) is 0.175. The summed E-state index contributed by atoms with van der Waals surface area (Å²) in [6.45, 7) is 2.82. The second-order valence-electron chi connectivity index (χ2n) is 11.5. The van der Waals surface area contributed by atoms with Crippen LogP contribution < -0.4 is 9.64 Å². The Morgan fingerprint density at radius 2 is 1.89 bits per heavy atom. The second-order valence-corrected chi connectivity index (χ2v) is 12.4. The number of ether oxygens (including phenoxy) is 2. The number of benzene rings is 3. The molecule has 1 fully saturated rings. The van der Waals surface area contributed by atoms with E-state index in [2.05, 4.69) is 26.6 Å². The monoisotopic (exact) mass is 673 g/mol. The zero-order valence-electron chi connectivity index (χ0n) is 25.2. The van der Waals surface area contributed by atoms with E-state index in [0.29, 0.717) is 52.1 Å². The lowest BCUT2D eigenvalue weighted by atomic mass is 9.93. The molecule has 0 radical (unpaired) electrons. The molecular formula is C33H29Cl2N7O5. The number of carboxylic acid groups (broad SMARTS) is 1. The van der Waals surface area contributed by atoms with Crippen LogP contribution in [0.15, 0.2) is 67.0 Å². The van der Waals surface area contributed by atoms with Gasteiger partial charge in [-0.25, -0.2) is 4.79 Å². The highest BCUT2D eigenvalue weighted by Gasteiger charge is 2.48. The molecule has 0 spiro atoms. The van der Waals surface area contributed by atoms with E-state index < -0.39 is 12.1 Å². The van der Waals surface area contributed by atoms with E-state index in [1.54, 1.807) is 27.8 Å². The number of nitrogens with zero attached hydrogens (tertiary/aromatic N) is 7. The lowest BCUT2D eigenvalue weighted by molar-refractivity contribution is -0.138. The normalized spacial score (nSPS) is 16.4. The van der Waals surface area contributed by atoms with Crippen LogP contribution in [0.4, 0.5) is 10.5 Å². The van der Waals surface area contributed by atoms with Gasteiger partial charge in [0.15, 0.2) is 6.54 Å². The van der Waals surface area contributed by atoms with E-state index >= 15 is 0 Å². The molecule has 1 aliphatic heterocycles. The van der Waals surface area contributed by atoms with Crippen molar-refractivity contribution in [2.75, 3.05) is 24.7 Å². The van der Waals surface area contributed by atoms with E-state index in [1.165, 1.54) is 0 Å². The first-order chi connectivity index (χ1) is 22.7. The number of aromatic nitrogens is 6. The number of aliphatic carboxylic acids is 1. The fourth-order valence-electron chi connectivity index (χ4n) is 5.99. The van der Waals surface area contributed by atoms with Crippen LogP contribution in [0.1, 0.15) is 29.0 Å². The molecule has 240 valence electrons. The SMILES string of the molecule is Cc1c(Cl)cccc1OCCOC(=O)N1C[C@@H]2C[C@@H]2c2c(-c3cnn(Cc4cc(-c5nnn(CC(=O)O)n5)ccc4Cl)c3)cccc21. The molecule has 1 saturated carbocycles. The van der Waals surface area contributed by atoms with Gasteiger partial charge in [0.2, 0.25) is 5.82 Å². The molecule has 1 aliphatic carbocycles. The Hall–Kier alpha value is -4.94. The van der Waals surface area contributed by atoms with E-state index in [-0.39, 0.29) is 19.8 Å². The van der Waals surface area contributed by atoms with Crippen LogP contribution in [-0.4, -0.2) is 66.9 Å². The van der Waals surface area contributed by atoms with Gasteiger partial charge in [0.1, 0.15) is 19.0 Å². The number of hydrogen-bond donors (Lipinski definition) is 1. The summed E-state index contributed by atoms with van der Waals surface area (Å²) in [6.07, 6.45) is 4.38. The third-order valence-corrected chi connectivity index (χ3v) is 9.18. The number of amides is 1. The maximum absolute atomic E-state index is 13.3. The fraction of sp³-hybridized carbons (Fsp3) is 0.273.